The number of rotatable bonds is 5. The van der Waals surface area contributed by atoms with E-state index in [4.69, 9.17) is 9.47 Å². The van der Waals surface area contributed by atoms with Crippen molar-refractivity contribution in [3.05, 3.63) is 59.8 Å². The molecule has 1 aromatic heterocycles. The van der Waals surface area contributed by atoms with Gasteiger partial charge in [0.25, 0.3) is 10.0 Å². The van der Waals surface area contributed by atoms with E-state index in [1.54, 1.807) is 30.5 Å². The van der Waals surface area contributed by atoms with Crippen molar-refractivity contribution in [2.24, 2.45) is 0 Å². The molecule has 1 fully saturated rings. The second-order valence-electron chi connectivity index (χ2n) is 7.89. The molecule has 1 aliphatic carbocycles. The van der Waals surface area contributed by atoms with Gasteiger partial charge in [0.2, 0.25) is 5.91 Å². The molecule has 1 amide bonds. The molecular weight excluding hydrogens is 416 g/mol. The Morgan fingerprint density at radius 1 is 1.16 bits per heavy atom. The van der Waals surface area contributed by atoms with Crippen molar-refractivity contribution in [3.63, 3.8) is 0 Å². The standard InChI is InChI=1S/C23H22N2O5S/c1-29-19-11-10-15(14-5-2-6-14)22-21(19)17(13-30-22)23(26)25-31(27,28)20-9-3-8-18-16(20)7-4-12-24-18/h3-4,7-12,14,17H,2,5-6,13H2,1H3,(H,25,26)/t17-/m0/s1. The molecule has 1 saturated carbocycles. The van der Waals surface area contributed by atoms with E-state index in [1.165, 1.54) is 19.6 Å². The zero-order valence-corrected chi connectivity index (χ0v) is 17.8. The maximum Gasteiger partial charge on any atom is 0.264 e. The van der Waals surface area contributed by atoms with Crippen molar-refractivity contribution in [2.75, 3.05) is 13.7 Å². The van der Waals surface area contributed by atoms with Crippen LogP contribution in [0.5, 0.6) is 11.5 Å². The number of pyridine rings is 1. The Morgan fingerprint density at radius 3 is 2.74 bits per heavy atom. The first-order chi connectivity index (χ1) is 15.0. The van der Waals surface area contributed by atoms with Crippen LogP contribution < -0.4 is 14.2 Å². The van der Waals surface area contributed by atoms with Crippen LogP contribution in [0.3, 0.4) is 0 Å². The molecule has 0 bridgehead atoms. The van der Waals surface area contributed by atoms with Gasteiger partial charge in [0, 0.05) is 11.6 Å². The predicted molar refractivity (Wildman–Crippen MR) is 115 cm³/mol. The number of methoxy groups -OCH3 is 1. The van der Waals surface area contributed by atoms with Crippen molar-refractivity contribution in [2.45, 2.75) is 36.0 Å². The third-order valence-corrected chi connectivity index (χ3v) is 7.55. The minimum atomic E-state index is -4.10. The highest BCUT2D eigenvalue weighted by Gasteiger charge is 2.39. The molecule has 2 aliphatic rings. The lowest BCUT2D eigenvalue weighted by atomic mass is 9.78. The van der Waals surface area contributed by atoms with Crippen LogP contribution in [0.2, 0.25) is 0 Å². The summed E-state index contributed by atoms with van der Waals surface area (Å²) in [5.41, 5.74) is 2.23. The molecule has 0 spiro atoms. The van der Waals surface area contributed by atoms with Crippen molar-refractivity contribution in [1.82, 2.24) is 9.71 Å². The molecule has 1 aliphatic heterocycles. The molecule has 1 atom stereocenters. The molecule has 160 valence electrons. The predicted octanol–water partition coefficient (Wildman–Crippen LogP) is 3.49. The van der Waals surface area contributed by atoms with Crippen molar-refractivity contribution in [1.29, 1.82) is 0 Å². The van der Waals surface area contributed by atoms with Gasteiger partial charge in [-0.3, -0.25) is 9.78 Å². The first kappa shape index (κ1) is 19.8. The summed E-state index contributed by atoms with van der Waals surface area (Å²) in [6.07, 6.45) is 4.94. The molecule has 5 rings (SSSR count). The number of hydrogen-bond donors (Lipinski definition) is 1. The molecule has 31 heavy (non-hydrogen) atoms. The highest BCUT2D eigenvalue weighted by Crippen LogP contribution is 2.49. The van der Waals surface area contributed by atoms with Crippen LogP contribution in [0.15, 0.2) is 53.6 Å². The first-order valence-corrected chi connectivity index (χ1v) is 11.7. The monoisotopic (exact) mass is 438 g/mol. The zero-order valence-electron chi connectivity index (χ0n) is 17.0. The molecule has 2 aromatic carbocycles. The highest BCUT2D eigenvalue weighted by atomic mass is 32.2. The number of ether oxygens (including phenoxy) is 2. The van der Waals surface area contributed by atoms with Crippen LogP contribution in [0, 0.1) is 0 Å². The number of hydrogen-bond acceptors (Lipinski definition) is 6. The fraction of sp³-hybridized carbons (Fsp3) is 0.304. The maximum absolute atomic E-state index is 13.1. The van der Waals surface area contributed by atoms with E-state index in [9.17, 15) is 13.2 Å². The van der Waals surface area contributed by atoms with E-state index in [1.807, 2.05) is 12.1 Å². The van der Waals surface area contributed by atoms with Gasteiger partial charge >= 0.3 is 0 Å². The Labute approximate surface area is 180 Å². The number of carbonyl (C=O) groups is 1. The molecule has 2 heterocycles. The SMILES string of the molecule is COc1ccc(C2CCC2)c2c1[C@@H](C(=O)NS(=O)(=O)c1cccc3ncccc13)CO2. The lowest BCUT2D eigenvalue weighted by molar-refractivity contribution is -0.121. The molecular formula is C23H22N2O5S. The van der Waals surface area contributed by atoms with E-state index in [0.29, 0.717) is 33.9 Å². The van der Waals surface area contributed by atoms with Gasteiger partial charge in [0.05, 0.1) is 23.1 Å². The fourth-order valence-corrected chi connectivity index (χ4v) is 5.57. The summed E-state index contributed by atoms with van der Waals surface area (Å²) in [6.45, 7) is 0.0773. The fourth-order valence-electron chi connectivity index (χ4n) is 4.33. The summed E-state index contributed by atoms with van der Waals surface area (Å²) in [5, 5.41) is 0.457. The van der Waals surface area contributed by atoms with Gasteiger partial charge in [-0.15, -0.1) is 0 Å². The Hall–Kier alpha value is -3.13. The summed E-state index contributed by atoms with van der Waals surface area (Å²) in [4.78, 5) is 17.3. The topological polar surface area (TPSA) is 94.6 Å². The molecule has 0 saturated heterocycles. The van der Waals surface area contributed by atoms with E-state index in [2.05, 4.69) is 9.71 Å². The number of carbonyl (C=O) groups excluding carboxylic acids is 1. The van der Waals surface area contributed by atoms with E-state index >= 15 is 0 Å². The van der Waals surface area contributed by atoms with Crippen LogP contribution in [0.1, 0.15) is 42.2 Å². The molecule has 0 unspecified atom stereocenters. The molecule has 8 heteroatoms. The highest BCUT2D eigenvalue weighted by molar-refractivity contribution is 7.90. The number of nitrogens with one attached hydrogen (secondary N) is 1. The largest absolute Gasteiger partial charge is 0.496 e. The smallest absolute Gasteiger partial charge is 0.264 e. The van der Waals surface area contributed by atoms with Gasteiger partial charge < -0.3 is 9.47 Å². The van der Waals surface area contributed by atoms with Crippen molar-refractivity contribution >= 4 is 26.8 Å². The normalized spacial score (nSPS) is 18.2. The van der Waals surface area contributed by atoms with Gasteiger partial charge in [-0.25, -0.2) is 13.1 Å². The lowest BCUT2D eigenvalue weighted by Gasteiger charge is -2.27. The second kappa shape index (κ2) is 7.53. The van der Waals surface area contributed by atoms with Gasteiger partial charge in [-0.2, -0.15) is 0 Å². The van der Waals surface area contributed by atoms with Gasteiger partial charge in [-0.05, 0) is 54.7 Å². The minimum absolute atomic E-state index is 0.0146. The van der Waals surface area contributed by atoms with Crippen LogP contribution in [-0.2, 0) is 14.8 Å². The number of benzene rings is 2. The van der Waals surface area contributed by atoms with E-state index in [0.717, 1.165) is 18.4 Å². The first-order valence-electron chi connectivity index (χ1n) is 10.2. The second-order valence-corrected chi connectivity index (χ2v) is 9.54. The van der Waals surface area contributed by atoms with Gasteiger partial charge in [0.1, 0.15) is 24.0 Å². The Balaban J connectivity index is 1.49. The third kappa shape index (κ3) is 3.31. The number of sulfonamides is 1. The maximum atomic E-state index is 13.1. The van der Waals surface area contributed by atoms with Gasteiger partial charge in [-0.1, -0.05) is 18.6 Å². The summed E-state index contributed by atoms with van der Waals surface area (Å²) in [5.74, 6) is 0.198. The molecule has 1 N–H and O–H groups in total. The van der Waals surface area contributed by atoms with Gasteiger partial charge in [0.15, 0.2) is 0 Å². The average Bonchev–Trinajstić information content (AvgIpc) is 3.18. The molecule has 0 radical (unpaired) electrons. The molecule has 3 aromatic rings. The van der Waals surface area contributed by atoms with Crippen LogP contribution in [-0.4, -0.2) is 33.0 Å². The Bertz CT molecular complexity index is 1280. The van der Waals surface area contributed by atoms with Crippen molar-refractivity contribution < 1.29 is 22.7 Å². The summed E-state index contributed by atoms with van der Waals surface area (Å²) in [6, 6.07) is 12.0. The number of aromatic nitrogens is 1. The quantitative estimate of drug-likeness (QED) is 0.655. The average molecular weight is 439 g/mol. The summed E-state index contributed by atoms with van der Waals surface area (Å²) in [7, 11) is -2.57. The summed E-state index contributed by atoms with van der Waals surface area (Å²) < 4.78 is 39.8. The zero-order chi connectivity index (χ0) is 21.6. The van der Waals surface area contributed by atoms with Crippen LogP contribution in [0.25, 0.3) is 10.9 Å². The van der Waals surface area contributed by atoms with Crippen LogP contribution >= 0.6 is 0 Å². The lowest BCUT2D eigenvalue weighted by Crippen LogP contribution is -2.35. The Kier molecular flexibility index (Phi) is 4.81. The minimum Gasteiger partial charge on any atom is -0.496 e. The van der Waals surface area contributed by atoms with E-state index < -0.39 is 21.8 Å². The van der Waals surface area contributed by atoms with Crippen molar-refractivity contribution in [3.8, 4) is 11.5 Å². The number of amides is 1. The number of nitrogens with zero attached hydrogens (tertiary/aromatic N) is 1. The van der Waals surface area contributed by atoms with E-state index in [-0.39, 0.29) is 11.5 Å². The summed E-state index contributed by atoms with van der Waals surface area (Å²) >= 11 is 0. The third-order valence-electron chi connectivity index (χ3n) is 6.14. The number of fused-ring (bicyclic) bond motifs is 2. The Morgan fingerprint density at radius 2 is 2.00 bits per heavy atom. The van der Waals surface area contributed by atoms with Crippen LogP contribution in [0.4, 0.5) is 0 Å². The molecule has 7 nitrogen and oxygen atoms in total.